The topological polar surface area (TPSA) is 40.5 Å². The molecule has 0 aromatic rings. The molecule has 0 radical (unpaired) electrons. The van der Waals surface area contributed by atoms with Gasteiger partial charge in [-0.15, -0.1) is 0 Å². The molecular weight excluding hydrogens is 178 g/mol. The zero-order chi connectivity index (χ0) is 11.0. The molecular formula is C11H21NO2. The Balaban J connectivity index is 2.42. The van der Waals surface area contributed by atoms with Crippen LogP contribution in [0.15, 0.2) is 0 Å². The maximum absolute atomic E-state index is 11.0. The lowest BCUT2D eigenvalue weighted by molar-refractivity contribution is -0.144. The molecule has 1 rings (SSSR count). The normalized spacial score (nSPS) is 19.8. The molecule has 3 nitrogen and oxygen atoms in total. The predicted octanol–water partition coefficient (Wildman–Crippen LogP) is 1.83. The zero-order valence-corrected chi connectivity index (χ0v) is 9.63. The van der Waals surface area contributed by atoms with Crippen LogP contribution in [0.5, 0.6) is 0 Å². The summed E-state index contributed by atoms with van der Waals surface area (Å²) in [6.07, 6.45) is 1.69. The molecule has 1 aliphatic rings. The van der Waals surface area contributed by atoms with Gasteiger partial charge in [-0.2, -0.15) is 0 Å². The third-order valence-electron chi connectivity index (χ3n) is 2.62. The monoisotopic (exact) mass is 199 g/mol. The van der Waals surface area contributed by atoms with Gasteiger partial charge in [0.05, 0.1) is 5.41 Å². The van der Waals surface area contributed by atoms with E-state index in [1.165, 1.54) is 0 Å². The molecule has 82 valence electrons. The maximum atomic E-state index is 11.0. The summed E-state index contributed by atoms with van der Waals surface area (Å²) in [5, 5.41) is 9.02. The Morgan fingerprint density at radius 1 is 1.43 bits per heavy atom. The number of carbonyl (C=O) groups is 1. The molecule has 0 unspecified atom stereocenters. The van der Waals surface area contributed by atoms with Crippen LogP contribution in [0, 0.1) is 10.8 Å². The minimum Gasteiger partial charge on any atom is -0.481 e. The fourth-order valence-electron chi connectivity index (χ4n) is 1.97. The molecule has 1 aliphatic carbocycles. The molecule has 1 fully saturated rings. The molecule has 0 amide bonds. The number of carboxylic acids is 1. The molecule has 0 heterocycles. The van der Waals surface area contributed by atoms with Gasteiger partial charge in [-0.1, -0.05) is 20.8 Å². The van der Waals surface area contributed by atoms with Crippen molar-refractivity contribution in [1.82, 2.24) is 4.90 Å². The van der Waals surface area contributed by atoms with Crippen LogP contribution in [0.2, 0.25) is 0 Å². The minimum atomic E-state index is -0.627. The quantitative estimate of drug-likeness (QED) is 0.751. The first kappa shape index (κ1) is 11.5. The molecule has 0 atom stereocenters. The Labute approximate surface area is 86.1 Å². The van der Waals surface area contributed by atoms with Crippen molar-refractivity contribution < 1.29 is 9.90 Å². The van der Waals surface area contributed by atoms with Crippen molar-refractivity contribution in [3.63, 3.8) is 0 Å². The van der Waals surface area contributed by atoms with Crippen molar-refractivity contribution in [2.45, 2.75) is 33.6 Å². The van der Waals surface area contributed by atoms with E-state index in [-0.39, 0.29) is 5.41 Å². The van der Waals surface area contributed by atoms with Crippen LogP contribution < -0.4 is 0 Å². The van der Waals surface area contributed by atoms with E-state index in [1.807, 2.05) is 7.05 Å². The molecule has 0 aromatic carbocycles. The highest BCUT2D eigenvalue weighted by Gasteiger charge is 2.50. The third kappa shape index (κ3) is 2.98. The van der Waals surface area contributed by atoms with E-state index in [0.29, 0.717) is 6.54 Å². The smallest absolute Gasteiger partial charge is 0.310 e. The first-order chi connectivity index (χ1) is 6.25. The molecule has 0 spiro atoms. The van der Waals surface area contributed by atoms with E-state index in [4.69, 9.17) is 5.11 Å². The van der Waals surface area contributed by atoms with Gasteiger partial charge in [0.15, 0.2) is 0 Å². The van der Waals surface area contributed by atoms with E-state index in [2.05, 4.69) is 25.7 Å². The second kappa shape index (κ2) is 3.54. The highest BCUT2D eigenvalue weighted by Crippen LogP contribution is 2.46. The Hall–Kier alpha value is -0.570. The second-order valence-corrected chi connectivity index (χ2v) is 5.82. The van der Waals surface area contributed by atoms with E-state index >= 15 is 0 Å². The molecule has 0 aliphatic heterocycles. The van der Waals surface area contributed by atoms with Gasteiger partial charge in [0.2, 0.25) is 0 Å². The first-order valence-electron chi connectivity index (χ1n) is 5.17. The second-order valence-electron chi connectivity index (χ2n) is 5.82. The standard InChI is InChI=1S/C11H21NO2/c1-10(2,3)7-12(4)8-11(5-6-11)9(13)14/h5-8H2,1-4H3,(H,13,14). The van der Waals surface area contributed by atoms with Gasteiger partial charge in [0.1, 0.15) is 0 Å². The van der Waals surface area contributed by atoms with Gasteiger partial charge < -0.3 is 10.0 Å². The van der Waals surface area contributed by atoms with Crippen LogP contribution in [-0.4, -0.2) is 36.1 Å². The zero-order valence-electron chi connectivity index (χ0n) is 9.63. The van der Waals surface area contributed by atoms with E-state index < -0.39 is 11.4 Å². The van der Waals surface area contributed by atoms with Crippen molar-refractivity contribution in [3.8, 4) is 0 Å². The van der Waals surface area contributed by atoms with E-state index in [1.54, 1.807) is 0 Å². The summed E-state index contributed by atoms with van der Waals surface area (Å²) in [6.45, 7) is 8.15. The van der Waals surface area contributed by atoms with Crippen molar-refractivity contribution in [2.75, 3.05) is 20.1 Å². The summed E-state index contributed by atoms with van der Waals surface area (Å²) >= 11 is 0. The van der Waals surface area contributed by atoms with Crippen LogP contribution in [-0.2, 0) is 4.79 Å². The fourth-order valence-corrected chi connectivity index (χ4v) is 1.97. The molecule has 14 heavy (non-hydrogen) atoms. The van der Waals surface area contributed by atoms with Crippen molar-refractivity contribution >= 4 is 5.97 Å². The predicted molar refractivity (Wildman–Crippen MR) is 56.3 cm³/mol. The average Bonchev–Trinajstić information content (AvgIpc) is 2.63. The fraction of sp³-hybridized carbons (Fsp3) is 0.909. The summed E-state index contributed by atoms with van der Waals surface area (Å²) in [5.74, 6) is -0.627. The van der Waals surface area contributed by atoms with Gasteiger partial charge >= 0.3 is 5.97 Å². The Kier molecular flexibility index (Phi) is 2.91. The lowest BCUT2D eigenvalue weighted by Crippen LogP contribution is -2.36. The number of hydrogen-bond acceptors (Lipinski definition) is 2. The Bertz CT molecular complexity index is 226. The summed E-state index contributed by atoms with van der Waals surface area (Å²) in [5.41, 5.74) is -0.177. The van der Waals surface area contributed by atoms with Crippen molar-refractivity contribution in [3.05, 3.63) is 0 Å². The van der Waals surface area contributed by atoms with Crippen LogP contribution in [0.25, 0.3) is 0 Å². The average molecular weight is 199 g/mol. The molecule has 0 saturated heterocycles. The van der Waals surface area contributed by atoms with E-state index in [0.717, 1.165) is 19.4 Å². The Morgan fingerprint density at radius 2 is 1.93 bits per heavy atom. The molecule has 3 heteroatoms. The maximum Gasteiger partial charge on any atom is 0.310 e. The molecule has 0 aromatic heterocycles. The van der Waals surface area contributed by atoms with Gasteiger partial charge in [-0.3, -0.25) is 4.79 Å². The lowest BCUT2D eigenvalue weighted by Gasteiger charge is -2.28. The van der Waals surface area contributed by atoms with Crippen LogP contribution >= 0.6 is 0 Å². The van der Waals surface area contributed by atoms with Crippen LogP contribution in [0.4, 0.5) is 0 Å². The van der Waals surface area contributed by atoms with Crippen LogP contribution in [0.1, 0.15) is 33.6 Å². The summed E-state index contributed by atoms with van der Waals surface area (Å²) in [6, 6.07) is 0. The van der Waals surface area contributed by atoms with Gasteiger partial charge in [0.25, 0.3) is 0 Å². The number of carboxylic acid groups (broad SMARTS) is 1. The molecule has 1 N–H and O–H groups in total. The van der Waals surface area contributed by atoms with Gasteiger partial charge in [0, 0.05) is 13.1 Å². The third-order valence-corrected chi connectivity index (χ3v) is 2.62. The van der Waals surface area contributed by atoms with E-state index in [9.17, 15) is 4.79 Å². The number of hydrogen-bond donors (Lipinski definition) is 1. The largest absolute Gasteiger partial charge is 0.481 e. The van der Waals surface area contributed by atoms with Crippen molar-refractivity contribution in [2.24, 2.45) is 10.8 Å². The first-order valence-corrected chi connectivity index (χ1v) is 5.17. The summed E-state index contributed by atoms with van der Waals surface area (Å²) < 4.78 is 0. The SMILES string of the molecule is CN(CC(C)(C)C)CC1(C(=O)O)CC1. The highest BCUT2D eigenvalue weighted by molar-refractivity contribution is 5.78. The Morgan fingerprint density at radius 3 is 2.21 bits per heavy atom. The number of nitrogens with zero attached hydrogens (tertiary/aromatic N) is 1. The van der Waals surface area contributed by atoms with Gasteiger partial charge in [-0.05, 0) is 25.3 Å². The molecule has 0 bridgehead atoms. The minimum absolute atomic E-state index is 0.239. The summed E-state index contributed by atoms with van der Waals surface area (Å²) in [7, 11) is 2.01. The summed E-state index contributed by atoms with van der Waals surface area (Å²) in [4.78, 5) is 13.1. The van der Waals surface area contributed by atoms with Gasteiger partial charge in [-0.25, -0.2) is 0 Å². The molecule has 1 saturated carbocycles. The van der Waals surface area contributed by atoms with Crippen molar-refractivity contribution in [1.29, 1.82) is 0 Å². The lowest BCUT2D eigenvalue weighted by atomic mass is 9.95. The number of rotatable bonds is 4. The number of aliphatic carboxylic acids is 1. The highest BCUT2D eigenvalue weighted by atomic mass is 16.4. The van der Waals surface area contributed by atoms with Crippen LogP contribution in [0.3, 0.4) is 0 Å².